The van der Waals surface area contributed by atoms with E-state index >= 15 is 0 Å². The van der Waals surface area contributed by atoms with Crippen LogP contribution in [0.25, 0.3) is 0 Å². The van der Waals surface area contributed by atoms with Gasteiger partial charge in [-0.15, -0.1) is 0 Å². The Morgan fingerprint density at radius 2 is 2.38 bits per heavy atom. The molecule has 0 saturated carbocycles. The smallest absolute Gasteiger partial charge is 0.0656 e. The molecule has 2 heteroatoms. The van der Waals surface area contributed by atoms with E-state index in [1.165, 1.54) is 12.2 Å². The Morgan fingerprint density at radius 1 is 1.62 bits per heavy atom. The fraction of sp³-hybridized carbons (Fsp3) is 1.00. The van der Waals surface area contributed by atoms with Gasteiger partial charge in [0.05, 0.1) is 6.10 Å². The van der Waals surface area contributed by atoms with Crippen molar-refractivity contribution in [3.05, 3.63) is 0 Å². The summed E-state index contributed by atoms with van der Waals surface area (Å²) in [4.78, 5) is 0. The zero-order chi connectivity index (χ0) is 5.98. The summed E-state index contributed by atoms with van der Waals surface area (Å²) in [5.74, 6) is 2.72. The molecular formula is C6H12OS. The number of aliphatic hydroxyl groups is 1. The minimum absolute atomic E-state index is 0.0336. The SMILES string of the molecule is C[C@@H]1CCSC[C@@H]1O. The van der Waals surface area contributed by atoms with Gasteiger partial charge in [-0.1, -0.05) is 6.92 Å². The molecule has 0 aliphatic carbocycles. The molecule has 48 valence electrons. The first-order valence-corrected chi connectivity index (χ1v) is 4.22. The highest BCUT2D eigenvalue weighted by atomic mass is 32.2. The van der Waals surface area contributed by atoms with Crippen LogP contribution in [0.5, 0.6) is 0 Å². The van der Waals surface area contributed by atoms with Crippen LogP contribution >= 0.6 is 11.8 Å². The molecule has 1 N–H and O–H groups in total. The molecule has 1 fully saturated rings. The lowest BCUT2D eigenvalue weighted by molar-refractivity contribution is 0.134. The standard InChI is InChI=1S/C6H12OS/c1-5-2-3-8-4-6(5)7/h5-7H,2-4H2,1H3/t5-,6+/m1/s1. The summed E-state index contributed by atoms with van der Waals surface area (Å²) in [6.45, 7) is 2.12. The lowest BCUT2D eigenvalue weighted by atomic mass is 10.0. The minimum Gasteiger partial charge on any atom is -0.392 e. The molecule has 1 aliphatic heterocycles. The van der Waals surface area contributed by atoms with Crippen LogP contribution in [0.1, 0.15) is 13.3 Å². The van der Waals surface area contributed by atoms with E-state index in [0.29, 0.717) is 5.92 Å². The molecule has 1 aliphatic rings. The molecule has 1 rings (SSSR count). The van der Waals surface area contributed by atoms with Crippen molar-refractivity contribution >= 4 is 11.8 Å². The summed E-state index contributed by atoms with van der Waals surface area (Å²) in [5, 5.41) is 9.16. The Labute approximate surface area is 54.5 Å². The molecule has 0 amide bonds. The zero-order valence-corrected chi connectivity index (χ0v) is 5.95. The highest BCUT2D eigenvalue weighted by Crippen LogP contribution is 2.21. The van der Waals surface area contributed by atoms with Crippen molar-refractivity contribution in [1.29, 1.82) is 0 Å². The van der Waals surface area contributed by atoms with Crippen molar-refractivity contribution in [2.24, 2.45) is 5.92 Å². The van der Waals surface area contributed by atoms with Crippen LogP contribution in [0.2, 0.25) is 0 Å². The highest BCUT2D eigenvalue weighted by molar-refractivity contribution is 7.99. The normalized spacial score (nSPS) is 39.8. The summed E-state index contributed by atoms with van der Waals surface area (Å²) in [7, 11) is 0. The molecule has 0 radical (unpaired) electrons. The van der Waals surface area contributed by atoms with E-state index in [9.17, 15) is 0 Å². The van der Waals surface area contributed by atoms with Crippen molar-refractivity contribution in [3.63, 3.8) is 0 Å². The number of hydrogen-bond acceptors (Lipinski definition) is 2. The van der Waals surface area contributed by atoms with Gasteiger partial charge in [0, 0.05) is 5.75 Å². The number of hydrogen-bond donors (Lipinski definition) is 1. The van der Waals surface area contributed by atoms with Crippen LogP contribution in [-0.2, 0) is 0 Å². The lowest BCUT2D eigenvalue weighted by Crippen LogP contribution is -2.24. The average Bonchev–Trinajstić information content (AvgIpc) is 1.77. The molecule has 0 bridgehead atoms. The number of thioether (sulfide) groups is 1. The zero-order valence-electron chi connectivity index (χ0n) is 5.13. The topological polar surface area (TPSA) is 20.2 Å². The Balaban J connectivity index is 2.28. The van der Waals surface area contributed by atoms with Gasteiger partial charge in [0.15, 0.2) is 0 Å². The Morgan fingerprint density at radius 3 is 2.75 bits per heavy atom. The van der Waals surface area contributed by atoms with Gasteiger partial charge in [0.2, 0.25) is 0 Å². The molecular weight excluding hydrogens is 120 g/mol. The predicted octanol–water partition coefficient (Wildman–Crippen LogP) is 1.12. The van der Waals surface area contributed by atoms with Crippen molar-refractivity contribution in [3.8, 4) is 0 Å². The first-order chi connectivity index (χ1) is 3.80. The van der Waals surface area contributed by atoms with Crippen LogP contribution in [0, 0.1) is 5.92 Å². The van der Waals surface area contributed by atoms with E-state index in [-0.39, 0.29) is 6.10 Å². The van der Waals surface area contributed by atoms with E-state index in [4.69, 9.17) is 5.11 Å². The van der Waals surface area contributed by atoms with Gasteiger partial charge in [0.25, 0.3) is 0 Å². The molecule has 1 saturated heterocycles. The van der Waals surface area contributed by atoms with E-state index in [2.05, 4.69) is 6.92 Å². The fourth-order valence-electron chi connectivity index (χ4n) is 0.830. The predicted molar refractivity (Wildman–Crippen MR) is 37.1 cm³/mol. The summed E-state index contributed by atoms with van der Waals surface area (Å²) in [6.07, 6.45) is 1.15. The summed E-state index contributed by atoms with van der Waals surface area (Å²) >= 11 is 1.86. The number of aliphatic hydroxyl groups excluding tert-OH is 1. The quantitative estimate of drug-likeness (QED) is 0.533. The van der Waals surface area contributed by atoms with E-state index in [0.717, 1.165) is 5.75 Å². The molecule has 0 aromatic carbocycles. The highest BCUT2D eigenvalue weighted by Gasteiger charge is 2.17. The molecule has 1 heterocycles. The maximum atomic E-state index is 9.16. The van der Waals surface area contributed by atoms with Gasteiger partial charge >= 0.3 is 0 Å². The van der Waals surface area contributed by atoms with Crippen molar-refractivity contribution in [2.75, 3.05) is 11.5 Å². The minimum atomic E-state index is -0.0336. The summed E-state index contributed by atoms with van der Waals surface area (Å²) < 4.78 is 0. The van der Waals surface area contributed by atoms with Gasteiger partial charge in [-0.3, -0.25) is 0 Å². The number of rotatable bonds is 0. The van der Waals surface area contributed by atoms with Gasteiger partial charge in [-0.25, -0.2) is 0 Å². The van der Waals surface area contributed by atoms with Crippen molar-refractivity contribution in [2.45, 2.75) is 19.4 Å². The first-order valence-electron chi connectivity index (χ1n) is 3.06. The second-order valence-electron chi connectivity index (χ2n) is 2.41. The molecule has 8 heavy (non-hydrogen) atoms. The van der Waals surface area contributed by atoms with Crippen LogP contribution < -0.4 is 0 Å². The third-order valence-electron chi connectivity index (χ3n) is 1.66. The van der Waals surface area contributed by atoms with Gasteiger partial charge in [0.1, 0.15) is 0 Å². The van der Waals surface area contributed by atoms with Gasteiger partial charge < -0.3 is 5.11 Å². The summed E-state index contributed by atoms with van der Waals surface area (Å²) in [6, 6.07) is 0. The van der Waals surface area contributed by atoms with Gasteiger partial charge in [-0.05, 0) is 18.1 Å². The third kappa shape index (κ3) is 1.39. The molecule has 0 unspecified atom stereocenters. The molecule has 0 spiro atoms. The van der Waals surface area contributed by atoms with E-state index < -0.39 is 0 Å². The lowest BCUT2D eigenvalue weighted by Gasteiger charge is -2.22. The average molecular weight is 132 g/mol. The van der Waals surface area contributed by atoms with Gasteiger partial charge in [-0.2, -0.15) is 11.8 Å². The van der Waals surface area contributed by atoms with Crippen LogP contribution in [0.15, 0.2) is 0 Å². The Hall–Kier alpha value is 0.310. The maximum Gasteiger partial charge on any atom is 0.0656 e. The van der Waals surface area contributed by atoms with Crippen LogP contribution in [0.3, 0.4) is 0 Å². The third-order valence-corrected chi connectivity index (χ3v) is 2.76. The molecule has 2 atom stereocenters. The van der Waals surface area contributed by atoms with E-state index in [1.54, 1.807) is 0 Å². The molecule has 0 aromatic rings. The second kappa shape index (κ2) is 2.74. The maximum absolute atomic E-state index is 9.16. The fourth-order valence-corrected chi connectivity index (χ4v) is 2.11. The second-order valence-corrected chi connectivity index (χ2v) is 3.56. The first kappa shape index (κ1) is 6.43. The Bertz CT molecular complexity index is 64.9. The van der Waals surface area contributed by atoms with E-state index in [1.807, 2.05) is 11.8 Å². The van der Waals surface area contributed by atoms with Crippen LogP contribution in [-0.4, -0.2) is 22.7 Å². The Kier molecular flexibility index (Phi) is 2.20. The monoisotopic (exact) mass is 132 g/mol. The molecule has 0 aromatic heterocycles. The molecule has 1 nitrogen and oxygen atoms in total. The van der Waals surface area contributed by atoms with Crippen molar-refractivity contribution < 1.29 is 5.11 Å². The summed E-state index contributed by atoms with van der Waals surface area (Å²) in [5.41, 5.74) is 0. The largest absolute Gasteiger partial charge is 0.392 e. The van der Waals surface area contributed by atoms with Crippen molar-refractivity contribution in [1.82, 2.24) is 0 Å². The van der Waals surface area contributed by atoms with Crippen LogP contribution in [0.4, 0.5) is 0 Å².